The van der Waals surface area contributed by atoms with Gasteiger partial charge in [0, 0.05) is 12.1 Å². The minimum absolute atomic E-state index is 0.0199. The fraction of sp³-hybridized carbons (Fsp3) is 0.500. The van der Waals surface area contributed by atoms with Crippen LogP contribution < -0.4 is 5.32 Å². The molecule has 6 nitrogen and oxygen atoms in total. The molecule has 0 saturated heterocycles. The van der Waals surface area contributed by atoms with E-state index >= 15 is 0 Å². The van der Waals surface area contributed by atoms with E-state index < -0.39 is 10.8 Å². The molecular formula is C12H16ClN3O3. The van der Waals surface area contributed by atoms with Gasteiger partial charge in [0.15, 0.2) is 0 Å². The van der Waals surface area contributed by atoms with Gasteiger partial charge in [0.05, 0.1) is 10.5 Å². The molecule has 0 radical (unpaired) electrons. The molecule has 0 aromatic carbocycles. The summed E-state index contributed by atoms with van der Waals surface area (Å²) in [7, 11) is 0. The molecule has 0 saturated carbocycles. The molecule has 0 aliphatic carbocycles. The van der Waals surface area contributed by atoms with Crippen molar-refractivity contribution < 1.29 is 9.72 Å². The molecule has 0 aliphatic heterocycles. The van der Waals surface area contributed by atoms with Gasteiger partial charge in [-0.3, -0.25) is 14.9 Å². The van der Waals surface area contributed by atoms with Crippen molar-refractivity contribution in [1.29, 1.82) is 0 Å². The van der Waals surface area contributed by atoms with Crippen LogP contribution in [0.15, 0.2) is 12.3 Å². The lowest BCUT2D eigenvalue weighted by Gasteiger charge is -2.16. The number of rotatable bonds is 5. The zero-order chi connectivity index (χ0) is 14.6. The highest BCUT2D eigenvalue weighted by atomic mass is 35.5. The zero-order valence-electron chi connectivity index (χ0n) is 11.0. The van der Waals surface area contributed by atoms with Gasteiger partial charge in [0.1, 0.15) is 11.3 Å². The largest absolute Gasteiger partial charge is 0.349 e. The van der Waals surface area contributed by atoms with Crippen molar-refractivity contribution in [3.05, 3.63) is 33.1 Å². The number of carbonyl (C=O) groups excluding carboxylic acids is 1. The molecular weight excluding hydrogens is 270 g/mol. The highest BCUT2D eigenvalue weighted by Gasteiger charge is 2.18. The van der Waals surface area contributed by atoms with Gasteiger partial charge in [0.25, 0.3) is 11.6 Å². The van der Waals surface area contributed by atoms with Crippen LogP contribution >= 0.6 is 11.6 Å². The number of halogens is 1. The second kappa shape index (κ2) is 6.47. The number of hydrogen-bond donors (Lipinski definition) is 1. The molecule has 1 aromatic heterocycles. The Morgan fingerprint density at radius 3 is 2.68 bits per heavy atom. The van der Waals surface area contributed by atoms with Crippen LogP contribution in [0.4, 0.5) is 5.69 Å². The Kier molecular flexibility index (Phi) is 5.23. The number of hydrogen-bond acceptors (Lipinski definition) is 4. The van der Waals surface area contributed by atoms with Gasteiger partial charge in [-0.15, -0.1) is 0 Å². The van der Waals surface area contributed by atoms with Crippen molar-refractivity contribution in [2.75, 3.05) is 0 Å². The van der Waals surface area contributed by atoms with Gasteiger partial charge < -0.3 is 5.32 Å². The van der Waals surface area contributed by atoms with E-state index in [1.54, 1.807) is 0 Å². The van der Waals surface area contributed by atoms with Crippen molar-refractivity contribution in [2.24, 2.45) is 5.92 Å². The number of carbonyl (C=O) groups is 1. The summed E-state index contributed by atoms with van der Waals surface area (Å²) in [6.07, 6.45) is 1.84. The normalized spacial score (nSPS) is 12.3. The average molecular weight is 286 g/mol. The first-order valence-corrected chi connectivity index (χ1v) is 6.29. The second-order valence-corrected chi connectivity index (χ2v) is 5.15. The van der Waals surface area contributed by atoms with E-state index in [1.807, 2.05) is 20.8 Å². The van der Waals surface area contributed by atoms with Crippen molar-refractivity contribution in [3.8, 4) is 0 Å². The molecule has 1 unspecified atom stereocenters. The van der Waals surface area contributed by atoms with Gasteiger partial charge in [-0.2, -0.15) is 0 Å². The number of amides is 1. The molecule has 104 valence electrons. The molecule has 1 N–H and O–H groups in total. The first-order chi connectivity index (χ1) is 8.81. The van der Waals surface area contributed by atoms with E-state index in [0.717, 1.165) is 18.7 Å². The summed E-state index contributed by atoms with van der Waals surface area (Å²) in [5.74, 6) is -0.0108. The summed E-state index contributed by atoms with van der Waals surface area (Å²) < 4.78 is 0. The molecule has 0 bridgehead atoms. The summed E-state index contributed by atoms with van der Waals surface area (Å²) in [5, 5.41) is 13.4. The number of nitrogens with one attached hydrogen (secondary N) is 1. The molecule has 19 heavy (non-hydrogen) atoms. The maximum Gasteiger partial charge on any atom is 0.288 e. The van der Waals surface area contributed by atoms with Crippen molar-refractivity contribution in [3.63, 3.8) is 0 Å². The third-order valence-electron chi connectivity index (χ3n) is 2.48. The SMILES string of the molecule is CC(C)CC(C)NC(=O)c1cc([N+](=O)[O-])cnc1Cl. The number of nitro groups is 1. The number of pyridine rings is 1. The molecule has 1 amide bonds. The van der Waals surface area contributed by atoms with Gasteiger partial charge in [-0.05, 0) is 19.3 Å². The standard InChI is InChI=1S/C12H16ClN3O3/c1-7(2)4-8(3)15-12(17)10-5-9(16(18)19)6-14-11(10)13/h5-8H,4H2,1-3H3,(H,15,17). The Bertz CT molecular complexity index is 491. The predicted molar refractivity (Wildman–Crippen MR) is 72.3 cm³/mol. The Hall–Kier alpha value is -1.69. The quantitative estimate of drug-likeness (QED) is 0.512. The van der Waals surface area contributed by atoms with Crippen molar-refractivity contribution in [2.45, 2.75) is 33.2 Å². The molecule has 1 heterocycles. The van der Waals surface area contributed by atoms with E-state index in [4.69, 9.17) is 11.6 Å². The topological polar surface area (TPSA) is 85.1 Å². The lowest BCUT2D eigenvalue weighted by atomic mass is 10.1. The maximum absolute atomic E-state index is 12.0. The molecule has 1 atom stereocenters. The van der Waals surface area contributed by atoms with Gasteiger partial charge in [0.2, 0.25) is 0 Å². The molecule has 0 fully saturated rings. The first-order valence-electron chi connectivity index (χ1n) is 5.92. The fourth-order valence-corrected chi connectivity index (χ4v) is 1.95. The minimum Gasteiger partial charge on any atom is -0.349 e. The van der Waals surface area contributed by atoms with Gasteiger partial charge in [-0.1, -0.05) is 25.4 Å². The molecule has 0 aliphatic rings. The summed E-state index contributed by atoms with van der Waals surface area (Å²) >= 11 is 5.79. The summed E-state index contributed by atoms with van der Waals surface area (Å²) in [6.45, 7) is 5.96. The Morgan fingerprint density at radius 2 is 2.16 bits per heavy atom. The van der Waals surface area contributed by atoms with Gasteiger partial charge in [-0.25, -0.2) is 4.98 Å². The lowest BCUT2D eigenvalue weighted by Crippen LogP contribution is -2.33. The van der Waals surface area contributed by atoms with Crippen LogP contribution in [0.25, 0.3) is 0 Å². The summed E-state index contributed by atoms with van der Waals surface area (Å²) in [4.78, 5) is 25.7. The van der Waals surface area contributed by atoms with E-state index in [0.29, 0.717) is 5.92 Å². The smallest absolute Gasteiger partial charge is 0.288 e. The van der Waals surface area contributed by atoms with Crippen LogP contribution in [-0.2, 0) is 0 Å². The Morgan fingerprint density at radius 1 is 1.53 bits per heavy atom. The predicted octanol–water partition coefficient (Wildman–Crippen LogP) is 2.81. The summed E-state index contributed by atoms with van der Waals surface area (Å²) in [6, 6.07) is 1.09. The van der Waals surface area contributed by atoms with Gasteiger partial charge >= 0.3 is 0 Å². The highest BCUT2D eigenvalue weighted by molar-refractivity contribution is 6.32. The highest BCUT2D eigenvalue weighted by Crippen LogP contribution is 2.19. The maximum atomic E-state index is 12.0. The molecule has 1 rings (SSSR count). The molecule has 7 heteroatoms. The van der Waals surface area contributed by atoms with Crippen LogP contribution in [0.2, 0.25) is 5.15 Å². The number of nitrogens with zero attached hydrogens (tertiary/aromatic N) is 2. The third-order valence-corrected chi connectivity index (χ3v) is 2.78. The van der Waals surface area contributed by atoms with Crippen LogP contribution in [0.3, 0.4) is 0 Å². The van der Waals surface area contributed by atoms with Crippen LogP contribution in [0, 0.1) is 16.0 Å². The van der Waals surface area contributed by atoms with Crippen LogP contribution in [0.5, 0.6) is 0 Å². The first kappa shape index (κ1) is 15.4. The minimum atomic E-state index is -0.613. The molecule has 1 aromatic rings. The van der Waals surface area contributed by atoms with E-state index in [9.17, 15) is 14.9 Å². The molecule has 0 spiro atoms. The lowest BCUT2D eigenvalue weighted by molar-refractivity contribution is -0.385. The van der Waals surface area contributed by atoms with Crippen molar-refractivity contribution >= 4 is 23.2 Å². The van der Waals surface area contributed by atoms with Crippen LogP contribution in [0.1, 0.15) is 37.6 Å². The van der Waals surface area contributed by atoms with E-state index in [-0.39, 0.29) is 22.4 Å². The van der Waals surface area contributed by atoms with Crippen LogP contribution in [-0.4, -0.2) is 21.9 Å². The zero-order valence-corrected chi connectivity index (χ0v) is 11.8. The second-order valence-electron chi connectivity index (χ2n) is 4.79. The average Bonchev–Trinajstić information content (AvgIpc) is 2.27. The van der Waals surface area contributed by atoms with Crippen molar-refractivity contribution in [1.82, 2.24) is 10.3 Å². The van der Waals surface area contributed by atoms with E-state index in [1.165, 1.54) is 0 Å². The summed E-state index contributed by atoms with van der Waals surface area (Å²) in [5.41, 5.74) is -0.238. The Labute approximate surface area is 116 Å². The monoisotopic (exact) mass is 285 g/mol. The fourth-order valence-electron chi connectivity index (χ4n) is 1.76. The number of aromatic nitrogens is 1. The van der Waals surface area contributed by atoms with E-state index in [2.05, 4.69) is 10.3 Å². The third kappa shape index (κ3) is 4.48. The Balaban J connectivity index is 2.87.